The first-order valence-electron chi connectivity index (χ1n) is 25.0. The molecule has 18 heteroatoms. The quantitative estimate of drug-likeness (QED) is 0.0952. The molecule has 0 bridgehead atoms. The van der Waals surface area contributed by atoms with Gasteiger partial charge in [0.05, 0.1) is 31.5 Å². The maximum absolute atomic E-state index is 13.7. The molecular formula is C48H81NO17. The highest BCUT2D eigenvalue weighted by Gasteiger charge is 2.64. The molecular weight excluding hydrogens is 863 g/mol. The van der Waals surface area contributed by atoms with Gasteiger partial charge in [0, 0.05) is 25.3 Å². The lowest BCUT2D eigenvalue weighted by Crippen LogP contribution is -2.66. The molecule has 4 saturated carbocycles. The van der Waals surface area contributed by atoms with Crippen LogP contribution in [0.25, 0.3) is 0 Å². The molecule has 10 N–H and O–H groups in total. The molecule has 0 aromatic rings. The van der Waals surface area contributed by atoms with Crippen molar-refractivity contribution in [3.63, 3.8) is 0 Å². The van der Waals surface area contributed by atoms with Gasteiger partial charge in [-0.05, 0) is 117 Å². The third-order valence-corrected chi connectivity index (χ3v) is 17.8. The van der Waals surface area contributed by atoms with Crippen LogP contribution < -0.4 is 5.32 Å². The van der Waals surface area contributed by atoms with Crippen molar-refractivity contribution in [3.8, 4) is 0 Å². The van der Waals surface area contributed by atoms with Crippen LogP contribution in [-0.4, -0.2) is 176 Å². The highest BCUT2D eigenvalue weighted by atomic mass is 16.8. The van der Waals surface area contributed by atoms with Crippen molar-refractivity contribution in [2.24, 2.45) is 52.3 Å². The lowest BCUT2D eigenvalue weighted by Gasteiger charge is -2.61. The van der Waals surface area contributed by atoms with Gasteiger partial charge < -0.3 is 79.7 Å². The summed E-state index contributed by atoms with van der Waals surface area (Å²) in [6.07, 6.45) is -12.3. The summed E-state index contributed by atoms with van der Waals surface area (Å²) in [5.41, 5.74) is -0.115. The van der Waals surface area contributed by atoms with Gasteiger partial charge >= 0.3 is 0 Å². The van der Waals surface area contributed by atoms with Gasteiger partial charge in [0.15, 0.2) is 18.9 Å². The van der Waals surface area contributed by atoms with E-state index in [0.717, 1.165) is 44.9 Å². The standard InChI is InChI=1S/C48H81NO17/c1-7-8-34(54)49-19-22(2)9-12-30(51)23(3)35-31(52)18-29-27-11-10-25-17-26(13-15-47(25,5)28(27)14-16-48(29,35)6)63-45-41(60)39(58)42(33(20-50)64-45)65-46-43(38(57)36(55)24(4)62-46)66-44-40(59)37(56)32(53)21-61-44/h22-29,31-33,35-46,50,52-53,55-60H,7-21H2,1-6H3,(H,49,54)/t22?,23?,24-,25?,26+,27-,28+,29+,31-,32-,33-,35?,36+,37+,38-,39-,40-,41-,42-,43-,44+,45-,46+,47+,48+/m1/s1. The molecule has 0 radical (unpaired) electrons. The first-order chi connectivity index (χ1) is 31.2. The molecule has 3 aliphatic heterocycles. The average molecular weight is 944 g/mol. The Kier molecular flexibility index (Phi) is 17.1. The molecule has 25 atom stereocenters. The summed E-state index contributed by atoms with van der Waals surface area (Å²) in [7, 11) is 0. The van der Waals surface area contributed by atoms with Gasteiger partial charge in [0.2, 0.25) is 5.91 Å². The van der Waals surface area contributed by atoms with E-state index < -0.39 is 105 Å². The number of nitrogens with one attached hydrogen (secondary N) is 1. The Morgan fingerprint density at radius 3 is 2.12 bits per heavy atom. The zero-order chi connectivity index (χ0) is 48.0. The minimum absolute atomic E-state index is 0.0277. The van der Waals surface area contributed by atoms with Crippen molar-refractivity contribution >= 4 is 11.7 Å². The van der Waals surface area contributed by atoms with E-state index in [-0.39, 0.29) is 46.4 Å². The smallest absolute Gasteiger partial charge is 0.219 e. The number of amides is 1. The number of hydrogen-bond acceptors (Lipinski definition) is 17. The average Bonchev–Trinajstić information content (AvgIpc) is 3.56. The van der Waals surface area contributed by atoms with Gasteiger partial charge in [-0.1, -0.05) is 34.6 Å². The number of ketones is 1. The highest BCUT2D eigenvalue weighted by molar-refractivity contribution is 5.81. The predicted molar refractivity (Wildman–Crippen MR) is 234 cm³/mol. The highest BCUT2D eigenvalue weighted by Crippen LogP contribution is 2.68. The normalized spacial score (nSPS) is 49.2. The van der Waals surface area contributed by atoms with Crippen LogP contribution in [0.1, 0.15) is 119 Å². The topological polar surface area (TPSA) is 284 Å². The van der Waals surface area contributed by atoms with E-state index in [0.29, 0.717) is 62.3 Å². The Balaban J connectivity index is 0.942. The molecule has 4 aliphatic carbocycles. The van der Waals surface area contributed by atoms with E-state index >= 15 is 0 Å². The van der Waals surface area contributed by atoms with Crippen molar-refractivity contribution in [3.05, 3.63) is 0 Å². The van der Waals surface area contributed by atoms with Crippen LogP contribution in [-0.2, 0) is 38.0 Å². The van der Waals surface area contributed by atoms with Gasteiger partial charge in [-0.3, -0.25) is 9.59 Å². The molecule has 4 unspecified atom stereocenters. The molecule has 0 aromatic carbocycles. The van der Waals surface area contributed by atoms with Crippen molar-refractivity contribution < 1.29 is 84.0 Å². The summed E-state index contributed by atoms with van der Waals surface area (Å²) >= 11 is 0. The molecule has 7 aliphatic rings. The summed E-state index contributed by atoms with van der Waals surface area (Å²) < 4.78 is 35.5. The number of carbonyl (C=O) groups excluding carboxylic acids is 2. The van der Waals surface area contributed by atoms with Crippen molar-refractivity contribution in [1.82, 2.24) is 5.32 Å². The molecule has 18 nitrogen and oxygen atoms in total. The first kappa shape index (κ1) is 52.4. The van der Waals surface area contributed by atoms with Crippen LogP contribution in [0, 0.1) is 52.3 Å². The number of ether oxygens (including phenoxy) is 6. The second-order valence-electron chi connectivity index (χ2n) is 21.9. The number of carbonyl (C=O) groups is 2. The van der Waals surface area contributed by atoms with Crippen LogP contribution in [0.2, 0.25) is 0 Å². The Morgan fingerprint density at radius 2 is 1.41 bits per heavy atom. The Bertz CT molecular complexity index is 1630. The fourth-order valence-electron chi connectivity index (χ4n) is 13.8. The molecule has 7 fully saturated rings. The van der Waals surface area contributed by atoms with Gasteiger partial charge in [0.25, 0.3) is 0 Å². The molecule has 3 saturated heterocycles. The summed E-state index contributed by atoms with van der Waals surface area (Å²) in [6, 6.07) is 0. The Hall–Kier alpha value is -1.46. The number of hydrogen-bond donors (Lipinski definition) is 10. The van der Waals surface area contributed by atoms with Crippen molar-refractivity contribution in [2.45, 2.75) is 217 Å². The Labute approximate surface area is 389 Å². The van der Waals surface area contributed by atoms with Gasteiger partial charge in [-0.25, -0.2) is 0 Å². The third-order valence-electron chi connectivity index (χ3n) is 17.8. The van der Waals surface area contributed by atoms with E-state index in [9.17, 15) is 55.5 Å². The van der Waals surface area contributed by atoms with Crippen molar-refractivity contribution in [2.75, 3.05) is 19.8 Å². The van der Waals surface area contributed by atoms with E-state index in [4.69, 9.17) is 28.4 Å². The predicted octanol–water partition coefficient (Wildman–Crippen LogP) is 0.654. The minimum Gasteiger partial charge on any atom is -0.394 e. The lowest BCUT2D eigenvalue weighted by molar-refractivity contribution is -0.383. The fraction of sp³-hybridized carbons (Fsp3) is 0.958. The number of aliphatic hydroxyl groups excluding tert-OH is 9. The van der Waals surface area contributed by atoms with E-state index in [2.05, 4.69) is 26.1 Å². The maximum atomic E-state index is 13.7. The molecule has 3 heterocycles. The summed E-state index contributed by atoms with van der Waals surface area (Å²) in [6.45, 7) is 11.8. The first-order valence-corrected chi connectivity index (χ1v) is 25.0. The fourth-order valence-corrected chi connectivity index (χ4v) is 13.8. The second kappa shape index (κ2) is 21.5. The number of fused-ring (bicyclic) bond motifs is 5. The monoisotopic (exact) mass is 944 g/mol. The number of Topliss-reactive ketones (excluding diaryl/α,β-unsaturated/α-hetero) is 1. The molecule has 0 aromatic heterocycles. The Morgan fingerprint density at radius 1 is 0.727 bits per heavy atom. The van der Waals surface area contributed by atoms with Gasteiger partial charge in [-0.15, -0.1) is 0 Å². The van der Waals surface area contributed by atoms with E-state index in [1.54, 1.807) is 0 Å². The second-order valence-corrected chi connectivity index (χ2v) is 21.9. The minimum atomic E-state index is -1.73. The summed E-state index contributed by atoms with van der Waals surface area (Å²) in [5.74, 6) is 1.60. The lowest BCUT2D eigenvalue weighted by atomic mass is 9.44. The van der Waals surface area contributed by atoms with E-state index in [1.807, 2.05) is 13.8 Å². The van der Waals surface area contributed by atoms with Crippen LogP contribution >= 0.6 is 0 Å². The van der Waals surface area contributed by atoms with Crippen LogP contribution in [0.3, 0.4) is 0 Å². The van der Waals surface area contributed by atoms with Gasteiger partial charge in [-0.2, -0.15) is 0 Å². The van der Waals surface area contributed by atoms with Crippen molar-refractivity contribution in [1.29, 1.82) is 0 Å². The summed E-state index contributed by atoms with van der Waals surface area (Å²) in [5, 5.41) is 100. The van der Waals surface area contributed by atoms with E-state index in [1.165, 1.54) is 6.92 Å². The maximum Gasteiger partial charge on any atom is 0.219 e. The van der Waals surface area contributed by atoms with Crippen LogP contribution in [0.4, 0.5) is 0 Å². The number of rotatable bonds is 16. The van der Waals surface area contributed by atoms with Crippen LogP contribution in [0.5, 0.6) is 0 Å². The third kappa shape index (κ3) is 10.3. The summed E-state index contributed by atoms with van der Waals surface area (Å²) in [4.78, 5) is 25.7. The largest absolute Gasteiger partial charge is 0.394 e. The van der Waals surface area contributed by atoms with Gasteiger partial charge in [0.1, 0.15) is 66.8 Å². The molecule has 7 rings (SSSR count). The van der Waals surface area contributed by atoms with Crippen LogP contribution in [0.15, 0.2) is 0 Å². The zero-order valence-electron chi connectivity index (χ0n) is 39.7. The molecule has 66 heavy (non-hydrogen) atoms. The molecule has 380 valence electrons. The number of aliphatic hydroxyl groups is 9. The SMILES string of the molecule is CCCC(=O)NCC(C)CCC(=O)C(C)C1[C@H](O)C[C@H]2[C@@H]3CCC4C[C@@H](O[C@@H]5O[C@H](CO)[C@@H](O[C@@H]6O[C@H](C)[C@H](O)[C@@H](O)[C@H]6O[C@@H]6OC[C@@H](O)[C@H](O)[C@H]6O)[C@H](O)[C@H]5O)CC[C@]4(C)[C@H]3CC[C@]12C. The molecule has 1 amide bonds. The zero-order valence-corrected chi connectivity index (χ0v) is 39.7. The molecule has 0 spiro atoms.